The van der Waals surface area contributed by atoms with Crippen molar-refractivity contribution in [2.24, 2.45) is 0 Å². The van der Waals surface area contributed by atoms with Crippen molar-refractivity contribution in [1.82, 2.24) is 5.32 Å². The fourth-order valence-electron chi connectivity index (χ4n) is 1.66. The first kappa shape index (κ1) is 16.6. The summed E-state index contributed by atoms with van der Waals surface area (Å²) in [6.45, 7) is 4.91. The first-order chi connectivity index (χ1) is 9.76. The molecule has 0 unspecified atom stereocenters. The Morgan fingerprint density at radius 2 is 2.15 bits per heavy atom. The molecule has 0 aliphatic carbocycles. The van der Waals surface area contributed by atoms with E-state index in [0.29, 0.717) is 26.4 Å². The van der Waals surface area contributed by atoms with E-state index in [1.54, 1.807) is 7.11 Å². The maximum Gasteiger partial charge on any atom is 0.238 e. The molecule has 1 aromatic rings. The van der Waals surface area contributed by atoms with Crippen LogP contribution in [0.4, 0.5) is 5.69 Å². The van der Waals surface area contributed by atoms with Crippen molar-refractivity contribution >= 4 is 11.6 Å². The highest BCUT2D eigenvalue weighted by Gasteiger charge is 2.02. The maximum atomic E-state index is 11.7. The second-order valence-electron chi connectivity index (χ2n) is 4.47. The molecule has 2 N–H and O–H groups in total. The number of rotatable bonds is 10. The minimum atomic E-state index is -0.0316. The predicted octanol–water partition coefficient (Wildman–Crippen LogP) is 1.79. The van der Waals surface area contributed by atoms with Crippen LogP contribution >= 0.6 is 0 Å². The van der Waals surface area contributed by atoms with Gasteiger partial charge in [-0.25, -0.2) is 0 Å². The summed E-state index contributed by atoms with van der Waals surface area (Å²) in [5.41, 5.74) is 1.82. The van der Waals surface area contributed by atoms with E-state index in [1.165, 1.54) is 0 Å². The second-order valence-corrected chi connectivity index (χ2v) is 4.47. The van der Waals surface area contributed by atoms with Crippen LogP contribution < -0.4 is 10.6 Å². The molecule has 1 amide bonds. The van der Waals surface area contributed by atoms with Gasteiger partial charge in [0.25, 0.3) is 0 Å². The lowest BCUT2D eigenvalue weighted by Crippen LogP contribution is -2.28. The molecule has 0 atom stereocenters. The molecule has 0 bridgehead atoms. The highest BCUT2D eigenvalue weighted by atomic mass is 16.5. The molecule has 112 valence electrons. The van der Waals surface area contributed by atoms with Crippen molar-refractivity contribution in [2.75, 3.05) is 38.7 Å². The number of carbonyl (C=O) groups excluding carboxylic acids is 1. The number of benzene rings is 1. The van der Waals surface area contributed by atoms with Crippen LogP contribution in [0.15, 0.2) is 24.3 Å². The van der Waals surface area contributed by atoms with Gasteiger partial charge in [0, 0.05) is 12.8 Å². The lowest BCUT2D eigenvalue weighted by molar-refractivity contribution is -0.115. The van der Waals surface area contributed by atoms with Crippen LogP contribution in [0, 0.1) is 0 Å². The maximum absolute atomic E-state index is 11.7. The van der Waals surface area contributed by atoms with E-state index < -0.39 is 0 Å². The Labute approximate surface area is 120 Å². The Balaban J connectivity index is 2.36. The Morgan fingerprint density at radius 3 is 2.90 bits per heavy atom. The third-order valence-electron chi connectivity index (χ3n) is 2.62. The van der Waals surface area contributed by atoms with E-state index in [0.717, 1.165) is 24.2 Å². The van der Waals surface area contributed by atoms with Crippen LogP contribution in [0.3, 0.4) is 0 Å². The largest absolute Gasteiger partial charge is 0.382 e. The van der Waals surface area contributed by atoms with E-state index in [4.69, 9.17) is 9.47 Å². The van der Waals surface area contributed by atoms with Gasteiger partial charge in [-0.3, -0.25) is 4.79 Å². The quantitative estimate of drug-likeness (QED) is 0.642. The van der Waals surface area contributed by atoms with Gasteiger partial charge in [0.1, 0.15) is 0 Å². The van der Waals surface area contributed by atoms with Crippen LogP contribution in [0.1, 0.15) is 18.9 Å². The molecular formula is C15H24N2O3. The molecule has 0 aliphatic rings. The molecular weight excluding hydrogens is 256 g/mol. The van der Waals surface area contributed by atoms with Crippen LogP contribution in [0.2, 0.25) is 0 Å². The second kappa shape index (κ2) is 10.4. The summed E-state index contributed by atoms with van der Waals surface area (Å²) in [5, 5.41) is 5.93. The number of hydrogen-bond acceptors (Lipinski definition) is 4. The third kappa shape index (κ3) is 7.23. The van der Waals surface area contributed by atoms with E-state index in [-0.39, 0.29) is 5.91 Å². The van der Waals surface area contributed by atoms with Gasteiger partial charge in [0.15, 0.2) is 0 Å². The highest BCUT2D eigenvalue weighted by Crippen LogP contribution is 2.11. The summed E-state index contributed by atoms with van der Waals surface area (Å²) in [7, 11) is 1.64. The van der Waals surface area contributed by atoms with Crippen LogP contribution in [-0.4, -0.2) is 39.3 Å². The summed E-state index contributed by atoms with van der Waals surface area (Å²) in [4.78, 5) is 11.7. The van der Waals surface area contributed by atoms with Crippen molar-refractivity contribution in [1.29, 1.82) is 0 Å². The summed E-state index contributed by atoms with van der Waals surface area (Å²) < 4.78 is 10.4. The van der Waals surface area contributed by atoms with Crippen molar-refractivity contribution in [3.63, 3.8) is 0 Å². The molecule has 0 fully saturated rings. The average Bonchev–Trinajstić information content (AvgIpc) is 2.44. The normalized spacial score (nSPS) is 10.5. The molecule has 0 aromatic heterocycles. The van der Waals surface area contributed by atoms with Gasteiger partial charge in [-0.1, -0.05) is 19.1 Å². The number of ether oxygens (including phenoxy) is 2. The molecule has 5 heteroatoms. The average molecular weight is 280 g/mol. The summed E-state index contributed by atoms with van der Waals surface area (Å²) in [6, 6.07) is 7.67. The molecule has 0 radical (unpaired) electrons. The Hall–Kier alpha value is -1.43. The summed E-state index contributed by atoms with van der Waals surface area (Å²) in [5.74, 6) is -0.0316. The lowest BCUT2D eigenvalue weighted by atomic mass is 10.2. The van der Waals surface area contributed by atoms with Crippen LogP contribution in [0.25, 0.3) is 0 Å². The van der Waals surface area contributed by atoms with Gasteiger partial charge < -0.3 is 20.1 Å². The molecule has 5 nitrogen and oxygen atoms in total. The van der Waals surface area contributed by atoms with E-state index in [2.05, 4.69) is 17.6 Å². The zero-order valence-electron chi connectivity index (χ0n) is 12.3. The first-order valence-corrected chi connectivity index (χ1v) is 6.92. The SMILES string of the molecule is CCCNCC(=O)Nc1cccc(COCCOC)c1. The molecule has 0 heterocycles. The number of hydrogen-bond donors (Lipinski definition) is 2. The van der Waals surface area contributed by atoms with Crippen molar-refractivity contribution < 1.29 is 14.3 Å². The smallest absolute Gasteiger partial charge is 0.238 e. The van der Waals surface area contributed by atoms with Gasteiger partial charge >= 0.3 is 0 Å². The van der Waals surface area contributed by atoms with Crippen LogP contribution in [0.5, 0.6) is 0 Å². The van der Waals surface area contributed by atoms with Gasteiger partial charge in [-0.05, 0) is 30.7 Å². The summed E-state index contributed by atoms with van der Waals surface area (Å²) >= 11 is 0. The third-order valence-corrected chi connectivity index (χ3v) is 2.62. The minimum absolute atomic E-state index is 0.0316. The van der Waals surface area contributed by atoms with Gasteiger partial charge in [0.05, 0.1) is 26.4 Å². The van der Waals surface area contributed by atoms with Crippen molar-refractivity contribution in [3.05, 3.63) is 29.8 Å². The molecule has 20 heavy (non-hydrogen) atoms. The van der Waals surface area contributed by atoms with Gasteiger partial charge in [-0.15, -0.1) is 0 Å². The number of carbonyl (C=O) groups is 1. The minimum Gasteiger partial charge on any atom is -0.382 e. The van der Waals surface area contributed by atoms with E-state index in [9.17, 15) is 4.79 Å². The first-order valence-electron chi connectivity index (χ1n) is 6.92. The van der Waals surface area contributed by atoms with Gasteiger partial charge in [-0.2, -0.15) is 0 Å². The molecule has 0 saturated carbocycles. The number of nitrogens with one attached hydrogen (secondary N) is 2. The highest BCUT2D eigenvalue weighted by molar-refractivity contribution is 5.92. The van der Waals surface area contributed by atoms with Crippen molar-refractivity contribution in [3.8, 4) is 0 Å². The summed E-state index contributed by atoms with van der Waals surface area (Å²) in [6.07, 6.45) is 1.02. The Kier molecular flexibility index (Phi) is 8.62. The molecule has 1 rings (SSSR count). The fourth-order valence-corrected chi connectivity index (χ4v) is 1.66. The van der Waals surface area contributed by atoms with Crippen LogP contribution in [-0.2, 0) is 20.9 Å². The molecule has 1 aromatic carbocycles. The standard InChI is InChI=1S/C15H24N2O3/c1-3-7-16-11-15(18)17-14-6-4-5-13(10-14)12-20-9-8-19-2/h4-6,10,16H,3,7-9,11-12H2,1-2H3,(H,17,18). The van der Waals surface area contributed by atoms with E-state index in [1.807, 2.05) is 24.3 Å². The number of methoxy groups -OCH3 is 1. The van der Waals surface area contributed by atoms with Crippen molar-refractivity contribution in [2.45, 2.75) is 20.0 Å². The lowest BCUT2D eigenvalue weighted by Gasteiger charge is -2.08. The predicted molar refractivity (Wildman–Crippen MR) is 79.8 cm³/mol. The molecule has 0 spiro atoms. The fraction of sp³-hybridized carbons (Fsp3) is 0.533. The van der Waals surface area contributed by atoms with Gasteiger partial charge in [0.2, 0.25) is 5.91 Å². The topological polar surface area (TPSA) is 59.6 Å². The molecule has 0 saturated heterocycles. The monoisotopic (exact) mass is 280 g/mol. The Morgan fingerprint density at radius 1 is 1.30 bits per heavy atom. The zero-order chi connectivity index (χ0) is 14.6. The zero-order valence-corrected chi connectivity index (χ0v) is 12.3. The molecule has 0 aliphatic heterocycles. The number of anilines is 1. The Bertz CT molecular complexity index is 396. The van der Waals surface area contributed by atoms with E-state index >= 15 is 0 Å². The number of amides is 1.